The lowest BCUT2D eigenvalue weighted by atomic mass is 10.1. The number of carbonyl (C=O) groups is 1. The summed E-state index contributed by atoms with van der Waals surface area (Å²) in [6.07, 6.45) is 2.47. The van der Waals surface area contributed by atoms with Gasteiger partial charge >= 0.3 is 0 Å². The molecule has 0 bridgehead atoms. The van der Waals surface area contributed by atoms with Crippen LogP contribution >= 0.6 is 0 Å². The van der Waals surface area contributed by atoms with Gasteiger partial charge in [-0.3, -0.25) is 9.78 Å². The molecule has 0 fully saturated rings. The highest BCUT2D eigenvalue weighted by Gasteiger charge is 2.19. The lowest BCUT2D eigenvalue weighted by Gasteiger charge is -2.18. The number of amides is 1. The summed E-state index contributed by atoms with van der Waals surface area (Å²) in [5.41, 5.74) is 3.97. The van der Waals surface area contributed by atoms with Gasteiger partial charge in [-0.05, 0) is 42.3 Å². The first-order valence-electron chi connectivity index (χ1n) is 10.6. The molecule has 0 unspecified atom stereocenters. The van der Waals surface area contributed by atoms with Crippen molar-refractivity contribution >= 4 is 5.91 Å². The Hall–Kier alpha value is -3.81. The normalized spacial score (nSPS) is 11.2. The first-order valence-corrected chi connectivity index (χ1v) is 10.6. The molecule has 8 heteroatoms. The second-order valence-electron chi connectivity index (χ2n) is 8.00. The van der Waals surface area contributed by atoms with E-state index in [0.29, 0.717) is 36.0 Å². The van der Waals surface area contributed by atoms with Crippen LogP contribution in [0.1, 0.15) is 47.4 Å². The fourth-order valence-corrected chi connectivity index (χ4v) is 3.44. The second-order valence-corrected chi connectivity index (χ2v) is 8.00. The largest absolute Gasteiger partial charge is 0.420 e. The lowest BCUT2D eigenvalue weighted by Crippen LogP contribution is -2.29. The highest BCUT2D eigenvalue weighted by atomic mass is 16.4. The quantitative estimate of drug-likeness (QED) is 0.439. The van der Waals surface area contributed by atoms with Gasteiger partial charge in [0.1, 0.15) is 5.69 Å². The first-order chi connectivity index (χ1) is 15.4. The molecule has 4 aromatic rings. The molecule has 3 aromatic heterocycles. The standard InChI is InChI=1S/C24H26N6O2/c1-16(2)22-15-21(23-27-26-17(3)32-23)28-30(22)20-10-7-8-18(14-20)24(31)29(4)13-11-19-9-5-6-12-25-19/h5-10,12,14-16H,11,13H2,1-4H3. The van der Waals surface area contributed by atoms with E-state index >= 15 is 0 Å². The zero-order valence-corrected chi connectivity index (χ0v) is 18.7. The van der Waals surface area contributed by atoms with Crippen molar-refractivity contribution in [3.8, 4) is 17.3 Å². The number of hydrogen-bond donors (Lipinski definition) is 0. The molecule has 0 saturated heterocycles. The van der Waals surface area contributed by atoms with Gasteiger partial charge < -0.3 is 9.32 Å². The zero-order valence-electron chi connectivity index (χ0n) is 18.7. The highest BCUT2D eigenvalue weighted by molar-refractivity contribution is 5.94. The fourth-order valence-electron chi connectivity index (χ4n) is 3.44. The van der Waals surface area contributed by atoms with Crippen LogP contribution in [0.15, 0.2) is 59.1 Å². The molecule has 8 nitrogen and oxygen atoms in total. The average Bonchev–Trinajstić information content (AvgIpc) is 3.44. The minimum atomic E-state index is -0.0474. The average molecular weight is 431 g/mol. The van der Waals surface area contributed by atoms with Gasteiger partial charge in [0.15, 0.2) is 0 Å². The number of nitrogens with zero attached hydrogens (tertiary/aromatic N) is 6. The number of likely N-dealkylation sites (N-methyl/N-ethyl adjacent to an activating group) is 1. The van der Waals surface area contributed by atoms with Crippen LogP contribution in [0.25, 0.3) is 17.3 Å². The minimum absolute atomic E-state index is 0.0474. The molecule has 0 aliphatic carbocycles. The van der Waals surface area contributed by atoms with Crippen LogP contribution in [-0.4, -0.2) is 49.4 Å². The van der Waals surface area contributed by atoms with Gasteiger partial charge in [-0.25, -0.2) is 4.68 Å². The van der Waals surface area contributed by atoms with E-state index < -0.39 is 0 Å². The van der Waals surface area contributed by atoms with Crippen molar-refractivity contribution in [1.29, 1.82) is 0 Å². The van der Waals surface area contributed by atoms with Crippen LogP contribution in [0, 0.1) is 6.92 Å². The number of hydrogen-bond acceptors (Lipinski definition) is 6. The molecule has 0 aliphatic heterocycles. The molecule has 0 aliphatic rings. The molecule has 1 amide bonds. The van der Waals surface area contributed by atoms with Gasteiger partial charge in [0.05, 0.1) is 5.69 Å². The van der Waals surface area contributed by atoms with Gasteiger partial charge in [-0.2, -0.15) is 5.10 Å². The predicted molar refractivity (Wildman–Crippen MR) is 121 cm³/mol. The summed E-state index contributed by atoms with van der Waals surface area (Å²) in [7, 11) is 1.81. The summed E-state index contributed by atoms with van der Waals surface area (Å²) in [6, 6.07) is 15.2. The van der Waals surface area contributed by atoms with Crippen molar-refractivity contribution in [3.05, 3.63) is 77.6 Å². The molecular formula is C24H26N6O2. The molecule has 0 spiro atoms. The Morgan fingerprint density at radius 1 is 1.12 bits per heavy atom. The van der Waals surface area contributed by atoms with Gasteiger partial charge in [-0.1, -0.05) is 26.0 Å². The van der Waals surface area contributed by atoms with Crippen LogP contribution < -0.4 is 0 Å². The Kier molecular flexibility index (Phi) is 6.11. The summed E-state index contributed by atoms with van der Waals surface area (Å²) in [5, 5.41) is 12.7. The molecule has 4 rings (SSSR count). The molecule has 1 aromatic carbocycles. The van der Waals surface area contributed by atoms with E-state index in [0.717, 1.165) is 17.1 Å². The van der Waals surface area contributed by atoms with Gasteiger partial charge in [-0.15, -0.1) is 10.2 Å². The summed E-state index contributed by atoms with van der Waals surface area (Å²) < 4.78 is 7.38. The number of pyridine rings is 1. The van der Waals surface area contributed by atoms with E-state index in [-0.39, 0.29) is 11.8 Å². The SMILES string of the molecule is Cc1nnc(-c2cc(C(C)C)n(-c3cccc(C(=O)N(C)CCc4ccccn4)c3)n2)o1. The molecule has 0 N–H and O–H groups in total. The predicted octanol–water partition coefficient (Wildman–Crippen LogP) is 4.06. The Balaban J connectivity index is 1.58. The van der Waals surface area contributed by atoms with Gasteiger partial charge in [0.25, 0.3) is 11.8 Å². The number of benzene rings is 1. The first kappa shape index (κ1) is 21.4. The van der Waals surface area contributed by atoms with Crippen molar-refractivity contribution in [2.45, 2.75) is 33.1 Å². The third-order valence-electron chi connectivity index (χ3n) is 5.19. The van der Waals surface area contributed by atoms with E-state index in [2.05, 4.69) is 29.0 Å². The summed E-state index contributed by atoms with van der Waals surface area (Å²) in [6.45, 7) is 6.52. The maximum absolute atomic E-state index is 13.0. The lowest BCUT2D eigenvalue weighted by molar-refractivity contribution is 0.0796. The summed E-state index contributed by atoms with van der Waals surface area (Å²) in [4.78, 5) is 19.1. The molecule has 0 atom stereocenters. The van der Waals surface area contributed by atoms with E-state index in [1.54, 1.807) is 25.1 Å². The maximum atomic E-state index is 13.0. The Morgan fingerprint density at radius 2 is 1.97 bits per heavy atom. The van der Waals surface area contributed by atoms with Crippen molar-refractivity contribution in [3.63, 3.8) is 0 Å². The number of aromatic nitrogens is 5. The zero-order chi connectivity index (χ0) is 22.7. The molecule has 3 heterocycles. The Morgan fingerprint density at radius 3 is 2.66 bits per heavy atom. The van der Waals surface area contributed by atoms with Crippen LogP contribution in [0.3, 0.4) is 0 Å². The van der Waals surface area contributed by atoms with Crippen molar-refractivity contribution < 1.29 is 9.21 Å². The smallest absolute Gasteiger partial charge is 0.268 e. The third kappa shape index (κ3) is 4.59. The van der Waals surface area contributed by atoms with Crippen LogP contribution in [0.2, 0.25) is 0 Å². The fraction of sp³-hybridized carbons (Fsp3) is 0.292. The molecule has 32 heavy (non-hydrogen) atoms. The third-order valence-corrected chi connectivity index (χ3v) is 5.19. The summed E-state index contributed by atoms with van der Waals surface area (Å²) >= 11 is 0. The molecule has 0 saturated carbocycles. The number of aryl methyl sites for hydroxylation is 1. The van der Waals surface area contributed by atoms with Crippen LogP contribution in [0.5, 0.6) is 0 Å². The van der Waals surface area contributed by atoms with Gasteiger partial charge in [0, 0.05) is 50.1 Å². The molecular weight excluding hydrogens is 404 g/mol. The minimum Gasteiger partial charge on any atom is -0.420 e. The van der Waals surface area contributed by atoms with E-state index in [4.69, 9.17) is 9.52 Å². The van der Waals surface area contributed by atoms with Crippen molar-refractivity contribution in [2.24, 2.45) is 0 Å². The second kappa shape index (κ2) is 9.13. The Labute approximate surface area is 186 Å². The monoisotopic (exact) mass is 430 g/mol. The van der Waals surface area contributed by atoms with E-state index in [1.165, 1.54) is 0 Å². The Bertz CT molecular complexity index is 1210. The van der Waals surface area contributed by atoms with Crippen LogP contribution in [-0.2, 0) is 6.42 Å². The van der Waals surface area contributed by atoms with E-state index in [9.17, 15) is 4.79 Å². The molecule has 0 radical (unpaired) electrons. The number of rotatable bonds is 7. The van der Waals surface area contributed by atoms with Crippen molar-refractivity contribution in [2.75, 3.05) is 13.6 Å². The van der Waals surface area contributed by atoms with E-state index in [1.807, 2.05) is 53.2 Å². The van der Waals surface area contributed by atoms with Crippen molar-refractivity contribution in [1.82, 2.24) is 29.9 Å². The topological polar surface area (TPSA) is 89.9 Å². The summed E-state index contributed by atoms with van der Waals surface area (Å²) in [5.74, 6) is 1.03. The number of carbonyl (C=O) groups excluding carboxylic acids is 1. The molecule has 164 valence electrons. The maximum Gasteiger partial charge on any atom is 0.268 e. The van der Waals surface area contributed by atoms with Crippen LogP contribution in [0.4, 0.5) is 0 Å². The highest BCUT2D eigenvalue weighted by Crippen LogP contribution is 2.26. The van der Waals surface area contributed by atoms with Gasteiger partial charge in [0.2, 0.25) is 5.89 Å².